The van der Waals surface area contributed by atoms with Crippen molar-refractivity contribution in [3.8, 4) is 0 Å². The Bertz CT molecular complexity index is 323. The van der Waals surface area contributed by atoms with Crippen molar-refractivity contribution in [2.75, 3.05) is 39.3 Å². The molecule has 0 aromatic rings. The van der Waals surface area contributed by atoms with E-state index in [-0.39, 0.29) is 12.0 Å². The number of rotatable bonds is 6. The summed E-state index contributed by atoms with van der Waals surface area (Å²) in [5.74, 6) is 0.240. The van der Waals surface area contributed by atoms with Crippen LogP contribution >= 0.6 is 15.9 Å². The van der Waals surface area contributed by atoms with Crippen molar-refractivity contribution in [3.63, 3.8) is 0 Å². The van der Waals surface area contributed by atoms with Gasteiger partial charge in [-0.25, -0.2) is 0 Å². The second-order valence-electron chi connectivity index (χ2n) is 5.41. The molecule has 0 N–H and O–H groups in total. The fourth-order valence-electron chi connectivity index (χ4n) is 2.76. The normalized spacial score (nSPS) is 23.3. The Morgan fingerprint density at radius 1 is 1.32 bits per heavy atom. The minimum absolute atomic E-state index is 0.240. The van der Waals surface area contributed by atoms with Crippen molar-refractivity contribution < 1.29 is 9.53 Å². The molecule has 4 nitrogen and oxygen atoms in total. The van der Waals surface area contributed by atoms with Crippen LogP contribution in [0, 0.1) is 0 Å². The van der Waals surface area contributed by atoms with Crippen molar-refractivity contribution in [1.82, 2.24) is 9.80 Å². The highest BCUT2D eigenvalue weighted by Gasteiger charge is 2.24. The lowest BCUT2D eigenvalue weighted by Crippen LogP contribution is -2.42. The lowest BCUT2D eigenvalue weighted by molar-refractivity contribution is -0.131. The van der Waals surface area contributed by atoms with E-state index in [1.807, 2.05) is 4.90 Å². The lowest BCUT2D eigenvalue weighted by Gasteiger charge is -2.26. The first-order valence-corrected chi connectivity index (χ1v) is 7.89. The number of carbonyl (C=O) groups is 1. The van der Waals surface area contributed by atoms with E-state index in [0.717, 1.165) is 56.4 Å². The van der Waals surface area contributed by atoms with Gasteiger partial charge in [0, 0.05) is 37.3 Å². The summed E-state index contributed by atoms with van der Waals surface area (Å²) < 4.78 is 6.58. The van der Waals surface area contributed by atoms with Gasteiger partial charge < -0.3 is 9.64 Å². The third-order valence-electron chi connectivity index (χ3n) is 3.70. The van der Waals surface area contributed by atoms with E-state index in [0.29, 0.717) is 13.1 Å². The zero-order chi connectivity index (χ0) is 13.7. The second-order valence-corrected chi connectivity index (χ2v) is 6.53. The topological polar surface area (TPSA) is 32.8 Å². The quantitative estimate of drug-likeness (QED) is 0.746. The number of carbonyl (C=O) groups excluding carboxylic acids is 1. The highest BCUT2D eigenvalue weighted by molar-refractivity contribution is 9.11. The van der Waals surface area contributed by atoms with Gasteiger partial charge in [0.1, 0.15) is 0 Å². The van der Waals surface area contributed by atoms with Crippen LogP contribution in [0.15, 0.2) is 11.1 Å². The van der Waals surface area contributed by atoms with Gasteiger partial charge in [-0.15, -0.1) is 0 Å². The fraction of sp³-hybridized carbons (Fsp3) is 0.786. The SMILES string of the molecule is C=C(Br)CN(CC(=O)N1CCCC1)CC1CCCO1. The summed E-state index contributed by atoms with van der Waals surface area (Å²) in [6.45, 7) is 8.58. The molecular formula is C14H23BrN2O2. The molecule has 2 fully saturated rings. The van der Waals surface area contributed by atoms with Crippen LogP contribution in [0.4, 0.5) is 0 Å². The fourth-order valence-corrected chi connectivity index (χ4v) is 3.12. The minimum atomic E-state index is 0.240. The molecule has 19 heavy (non-hydrogen) atoms. The van der Waals surface area contributed by atoms with Gasteiger partial charge in [0.05, 0.1) is 12.6 Å². The second kappa shape index (κ2) is 7.41. The van der Waals surface area contributed by atoms with Gasteiger partial charge >= 0.3 is 0 Å². The summed E-state index contributed by atoms with van der Waals surface area (Å²) in [6, 6.07) is 0. The van der Waals surface area contributed by atoms with Crippen molar-refractivity contribution in [2.24, 2.45) is 0 Å². The molecule has 2 heterocycles. The van der Waals surface area contributed by atoms with E-state index in [9.17, 15) is 4.79 Å². The van der Waals surface area contributed by atoms with Crippen LogP contribution in [-0.2, 0) is 9.53 Å². The highest BCUT2D eigenvalue weighted by Crippen LogP contribution is 2.16. The summed E-state index contributed by atoms with van der Waals surface area (Å²) in [7, 11) is 0. The van der Waals surface area contributed by atoms with Crippen LogP contribution in [0.2, 0.25) is 0 Å². The monoisotopic (exact) mass is 330 g/mol. The smallest absolute Gasteiger partial charge is 0.236 e. The minimum Gasteiger partial charge on any atom is -0.377 e. The molecule has 5 heteroatoms. The summed E-state index contributed by atoms with van der Waals surface area (Å²) in [5, 5.41) is 0. The van der Waals surface area contributed by atoms with Gasteiger partial charge in [-0.05, 0) is 25.7 Å². The molecule has 0 bridgehead atoms. The largest absolute Gasteiger partial charge is 0.377 e. The van der Waals surface area contributed by atoms with E-state index in [2.05, 4.69) is 27.4 Å². The van der Waals surface area contributed by atoms with Gasteiger partial charge in [-0.1, -0.05) is 22.5 Å². The summed E-state index contributed by atoms with van der Waals surface area (Å²) in [5.41, 5.74) is 0. The molecule has 2 aliphatic heterocycles. The maximum atomic E-state index is 12.2. The Hall–Kier alpha value is -0.390. The van der Waals surface area contributed by atoms with E-state index < -0.39 is 0 Å². The summed E-state index contributed by atoms with van der Waals surface area (Å²) in [4.78, 5) is 16.3. The highest BCUT2D eigenvalue weighted by atomic mass is 79.9. The Kier molecular flexibility index (Phi) is 5.85. The van der Waals surface area contributed by atoms with E-state index in [1.54, 1.807) is 0 Å². The third-order valence-corrected chi connectivity index (χ3v) is 3.95. The molecule has 0 aromatic carbocycles. The Labute approximate surface area is 123 Å². The predicted octanol–water partition coefficient (Wildman–Crippen LogP) is 2.00. The van der Waals surface area contributed by atoms with E-state index in [4.69, 9.17) is 4.74 Å². The predicted molar refractivity (Wildman–Crippen MR) is 79.3 cm³/mol. The van der Waals surface area contributed by atoms with Crippen molar-refractivity contribution in [3.05, 3.63) is 11.1 Å². The van der Waals surface area contributed by atoms with Gasteiger partial charge in [-0.3, -0.25) is 9.69 Å². The molecule has 0 saturated carbocycles. The van der Waals surface area contributed by atoms with E-state index in [1.165, 1.54) is 0 Å². The maximum absolute atomic E-state index is 12.2. The molecule has 1 atom stereocenters. The van der Waals surface area contributed by atoms with Crippen LogP contribution in [0.3, 0.4) is 0 Å². The third kappa shape index (κ3) is 4.89. The first-order valence-electron chi connectivity index (χ1n) is 7.10. The van der Waals surface area contributed by atoms with Crippen LogP contribution in [0.5, 0.6) is 0 Å². The van der Waals surface area contributed by atoms with Crippen LogP contribution in [0.1, 0.15) is 25.7 Å². The molecule has 0 radical (unpaired) electrons. The first-order chi connectivity index (χ1) is 9.15. The zero-order valence-electron chi connectivity index (χ0n) is 11.4. The maximum Gasteiger partial charge on any atom is 0.236 e. The van der Waals surface area contributed by atoms with Crippen LogP contribution in [0.25, 0.3) is 0 Å². The average Bonchev–Trinajstić information content (AvgIpc) is 3.00. The average molecular weight is 331 g/mol. The standard InChI is InChI=1S/C14H23BrN2O2/c1-12(15)9-16(10-13-5-4-8-19-13)11-14(18)17-6-2-3-7-17/h13H,1-11H2. The Balaban J connectivity index is 1.84. The molecule has 2 aliphatic rings. The van der Waals surface area contributed by atoms with Gasteiger partial charge in [0.15, 0.2) is 0 Å². The first kappa shape index (κ1) is 15.0. The number of hydrogen-bond acceptors (Lipinski definition) is 3. The van der Waals surface area contributed by atoms with Crippen LogP contribution < -0.4 is 0 Å². The molecule has 1 unspecified atom stereocenters. The zero-order valence-corrected chi connectivity index (χ0v) is 13.0. The number of nitrogens with zero attached hydrogens (tertiary/aromatic N) is 2. The molecule has 1 amide bonds. The molecule has 2 rings (SSSR count). The van der Waals surface area contributed by atoms with Gasteiger partial charge in [0.2, 0.25) is 5.91 Å². The molecular weight excluding hydrogens is 308 g/mol. The number of halogens is 1. The van der Waals surface area contributed by atoms with Gasteiger partial charge in [-0.2, -0.15) is 0 Å². The number of amides is 1. The van der Waals surface area contributed by atoms with Crippen LogP contribution in [-0.4, -0.2) is 61.1 Å². The van der Waals surface area contributed by atoms with E-state index >= 15 is 0 Å². The lowest BCUT2D eigenvalue weighted by atomic mass is 10.2. The Morgan fingerprint density at radius 3 is 2.63 bits per heavy atom. The van der Waals surface area contributed by atoms with Gasteiger partial charge in [0.25, 0.3) is 0 Å². The molecule has 0 spiro atoms. The molecule has 0 aliphatic carbocycles. The summed E-state index contributed by atoms with van der Waals surface area (Å²) in [6.07, 6.45) is 4.79. The van der Waals surface area contributed by atoms with Crippen molar-refractivity contribution in [1.29, 1.82) is 0 Å². The number of ether oxygens (including phenoxy) is 1. The number of likely N-dealkylation sites (tertiary alicyclic amines) is 1. The summed E-state index contributed by atoms with van der Waals surface area (Å²) >= 11 is 3.40. The Morgan fingerprint density at radius 2 is 2.05 bits per heavy atom. The molecule has 2 saturated heterocycles. The molecule has 108 valence electrons. The number of hydrogen-bond donors (Lipinski definition) is 0. The molecule has 0 aromatic heterocycles. The van der Waals surface area contributed by atoms with Crippen molar-refractivity contribution >= 4 is 21.8 Å². The van der Waals surface area contributed by atoms with Crippen molar-refractivity contribution in [2.45, 2.75) is 31.8 Å².